The summed E-state index contributed by atoms with van der Waals surface area (Å²) in [5, 5.41) is 6.22. The standard InChI is InChI=1S/C17H21N3O/c1-13-4-3-5-16(14(13)2)19-11-8-17(21)20-12-15-6-9-18-10-7-15/h3-7,9-10,19H,8,11-12H2,1-2H3,(H,20,21). The Labute approximate surface area is 125 Å². The molecule has 4 nitrogen and oxygen atoms in total. The van der Waals surface area contributed by atoms with Crippen LogP contribution in [0.15, 0.2) is 42.7 Å². The number of aromatic nitrogens is 1. The van der Waals surface area contributed by atoms with Crippen LogP contribution < -0.4 is 10.6 Å². The van der Waals surface area contributed by atoms with Crippen LogP contribution in [0.25, 0.3) is 0 Å². The first kappa shape index (κ1) is 15.0. The first-order valence-electron chi connectivity index (χ1n) is 7.12. The number of nitrogens with one attached hydrogen (secondary N) is 2. The van der Waals surface area contributed by atoms with Crippen molar-refractivity contribution in [2.24, 2.45) is 0 Å². The molecule has 0 saturated heterocycles. The maximum atomic E-state index is 11.8. The lowest BCUT2D eigenvalue weighted by Crippen LogP contribution is -2.24. The van der Waals surface area contributed by atoms with Gasteiger partial charge in [0.05, 0.1) is 0 Å². The monoisotopic (exact) mass is 283 g/mol. The summed E-state index contributed by atoms with van der Waals surface area (Å²) in [6.07, 6.45) is 3.91. The molecule has 0 bridgehead atoms. The molecule has 110 valence electrons. The maximum Gasteiger partial charge on any atom is 0.222 e. The van der Waals surface area contributed by atoms with Crippen LogP contribution in [0.4, 0.5) is 5.69 Å². The summed E-state index contributed by atoms with van der Waals surface area (Å²) in [6.45, 7) is 5.35. The highest BCUT2D eigenvalue weighted by Gasteiger charge is 2.03. The van der Waals surface area contributed by atoms with Gasteiger partial charge in [-0.15, -0.1) is 0 Å². The van der Waals surface area contributed by atoms with E-state index in [4.69, 9.17) is 0 Å². The fourth-order valence-electron chi connectivity index (χ4n) is 2.04. The second-order valence-corrected chi connectivity index (χ2v) is 5.06. The van der Waals surface area contributed by atoms with Crippen molar-refractivity contribution in [3.05, 3.63) is 59.4 Å². The summed E-state index contributed by atoms with van der Waals surface area (Å²) in [5.41, 5.74) is 4.63. The molecular formula is C17H21N3O. The number of carbonyl (C=O) groups excluding carboxylic acids is 1. The molecule has 2 rings (SSSR count). The van der Waals surface area contributed by atoms with Crippen molar-refractivity contribution in [2.75, 3.05) is 11.9 Å². The molecule has 21 heavy (non-hydrogen) atoms. The quantitative estimate of drug-likeness (QED) is 0.857. The predicted octanol–water partition coefficient (Wildman–Crippen LogP) is 2.82. The third kappa shape index (κ3) is 4.60. The molecule has 0 unspecified atom stereocenters. The van der Waals surface area contributed by atoms with Crippen molar-refractivity contribution < 1.29 is 4.79 Å². The summed E-state index contributed by atoms with van der Waals surface area (Å²) in [5.74, 6) is 0.0459. The van der Waals surface area contributed by atoms with Crippen LogP contribution in [-0.2, 0) is 11.3 Å². The molecule has 2 aromatic rings. The van der Waals surface area contributed by atoms with E-state index in [9.17, 15) is 4.79 Å². The lowest BCUT2D eigenvalue weighted by molar-refractivity contribution is -0.121. The number of carbonyl (C=O) groups is 1. The molecule has 0 aliphatic heterocycles. The molecular weight excluding hydrogens is 262 g/mol. The highest BCUT2D eigenvalue weighted by Crippen LogP contribution is 2.17. The zero-order chi connectivity index (χ0) is 15.1. The topological polar surface area (TPSA) is 54.0 Å². The minimum absolute atomic E-state index is 0.0459. The van der Waals surface area contributed by atoms with Gasteiger partial charge < -0.3 is 10.6 Å². The van der Waals surface area contributed by atoms with E-state index >= 15 is 0 Å². The van der Waals surface area contributed by atoms with Gasteiger partial charge in [0.25, 0.3) is 0 Å². The number of aryl methyl sites for hydroxylation is 1. The van der Waals surface area contributed by atoms with Crippen molar-refractivity contribution in [2.45, 2.75) is 26.8 Å². The fraction of sp³-hybridized carbons (Fsp3) is 0.294. The molecule has 0 spiro atoms. The number of benzene rings is 1. The van der Waals surface area contributed by atoms with Crippen LogP contribution in [0.5, 0.6) is 0 Å². The Morgan fingerprint density at radius 1 is 1.14 bits per heavy atom. The molecule has 0 fully saturated rings. The number of anilines is 1. The molecule has 1 amide bonds. The van der Waals surface area contributed by atoms with Gasteiger partial charge in [0.1, 0.15) is 0 Å². The van der Waals surface area contributed by atoms with Crippen LogP contribution in [-0.4, -0.2) is 17.4 Å². The summed E-state index contributed by atoms with van der Waals surface area (Å²) >= 11 is 0. The van der Waals surface area contributed by atoms with Gasteiger partial charge in [-0.25, -0.2) is 0 Å². The van der Waals surface area contributed by atoms with E-state index in [-0.39, 0.29) is 5.91 Å². The number of pyridine rings is 1. The molecule has 0 radical (unpaired) electrons. The Morgan fingerprint density at radius 3 is 2.67 bits per heavy atom. The second-order valence-electron chi connectivity index (χ2n) is 5.06. The van der Waals surface area contributed by atoms with Crippen molar-refractivity contribution in [3.8, 4) is 0 Å². The van der Waals surface area contributed by atoms with E-state index in [0.29, 0.717) is 19.5 Å². The Hall–Kier alpha value is -2.36. The van der Waals surface area contributed by atoms with Crippen LogP contribution in [0.3, 0.4) is 0 Å². The first-order valence-corrected chi connectivity index (χ1v) is 7.12. The van der Waals surface area contributed by atoms with Gasteiger partial charge in [-0.3, -0.25) is 9.78 Å². The molecule has 1 heterocycles. The minimum atomic E-state index is 0.0459. The SMILES string of the molecule is Cc1cccc(NCCC(=O)NCc2ccncc2)c1C. The number of hydrogen-bond donors (Lipinski definition) is 2. The Kier molecular flexibility index (Phi) is 5.32. The molecule has 0 aliphatic rings. The van der Waals surface area contributed by atoms with Gasteiger partial charge in [0.2, 0.25) is 5.91 Å². The molecule has 1 aromatic carbocycles. The molecule has 0 saturated carbocycles. The summed E-state index contributed by atoms with van der Waals surface area (Å²) in [4.78, 5) is 15.7. The molecule has 0 atom stereocenters. The van der Waals surface area contributed by atoms with Crippen molar-refractivity contribution in [1.82, 2.24) is 10.3 Å². The summed E-state index contributed by atoms with van der Waals surface area (Å²) in [6, 6.07) is 9.94. The third-order valence-corrected chi connectivity index (χ3v) is 3.51. The fourth-order valence-corrected chi connectivity index (χ4v) is 2.04. The Bertz CT molecular complexity index is 596. The average Bonchev–Trinajstić information content (AvgIpc) is 2.50. The number of amides is 1. The minimum Gasteiger partial charge on any atom is -0.384 e. The van der Waals surface area contributed by atoms with Gasteiger partial charge in [-0.1, -0.05) is 12.1 Å². The van der Waals surface area contributed by atoms with E-state index in [1.807, 2.05) is 24.3 Å². The lowest BCUT2D eigenvalue weighted by atomic mass is 10.1. The van der Waals surface area contributed by atoms with Gasteiger partial charge in [0, 0.05) is 37.6 Å². The van der Waals surface area contributed by atoms with Crippen LogP contribution >= 0.6 is 0 Å². The van der Waals surface area contributed by atoms with E-state index in [0.717, 1.165) is 11.3 Å². The molecule has 0 aliphatic carbocycles. The van der Waals surface area contributed by atoms with Gasteiger partial charge in [-0.05, 0) is 48.7 Å². The van der Waals surface area contributed by atoms with Crippen molar-refractivity contribution in [1.29, 1.82) is 0 Å². The predicted molar refractivity (Wildman–Crippen MR) is 85.1 cm³/mol. The van der Waals surface area contributed by atoms with Crippen LogP contribution in [0, 0.1) is 13.8 Å². The van der Waals surface area contributed by atoms with Gasteiger partial charge >= 0.3 is 0 Å². The highest BCUT2D eigenvalue weighted by atomic mass is 16.1. The largest absolute Gasteiger partial charge is 0.384 e. The maximum absolute atomic E-state index is 11.8. The van der Waals surface area contributed by atoms with E-state index in [1.165, 1.54) is 11.1 Å². The smallest absolute Gasteiger partial charge is 0.222 e. The third-order valence-electron chi connectivity index (χ3n) is 3.51. The normalized spacial score (nSPS) is 10.2. The second kappa shape index (κ2) is 7.43. The average molecular weight is 283 g/mol. The van der Waals surface area contributed by atoms with Crippen LogP contribution in [0.1, 0.15) is 23.1 Å². The van der Waals surface area contributed by atoms with Gasteiger partial charge in [-0.2, -0.15) is 0 Å². The Balaban J connectivity index is 1.73. The van der Waals surface area contributed by atoms with E-state index in [2.05, 4.69) is 35.5 Å². The summed E-state index contributed by atoms with van der Waals surface area (Å²) in [7, 11) is 0. The van der Waals surface area contributed by atoms with E-state index in [1.54, 1.807) is 12.4 Å². The summed E-state index contributed by atoms with van der Waals surface area (Å²) < 4.78 is 0. The van der Waals surface area contributed by atoms with E-state index < -0.39 is 0 Å². The van der Waals surface area contributed by atoms with Gasteiger partial charge in [0.15, 0.2) is 0 Å². The number of nitrogens with zero attached hydrogens (tertiary/aromatic N) is 1. The number of hydrogen-bond acceptors (Lipinski definition) is 3. The van der Waals surface area contributed by atoms with Crippen LogP contribution in [0.2, 0.25) is 0 Å². The van der Waals surface area contributed by atoms with Crippen molar-refractivity contribution in [3.63, 3.8) is 0 Å². The molecule has 4 heteroatoms. The first-order chi connectivity index (χ1) is 10.2. The molecule has 1 aromatic heterocycles. The number of rotatable bonds is 6. The lowest BCUT2D eigenvalue weighted by Gasteiger charge is -2.11. The van der Waals surface area contributed by atoms with Crippen molar-refractivity contribution >= 4 is 11.6 Å². The molecule has 2 N–H and O–H groups in total. The zero-order valence-corrected chi connectivity index (χ0v) is 12.5. The zero-order valence-electron chi connectivity index (χ0n) is 12.5. The highest BCUT2D eigenvalue weighted by molar-refractivity contribution is 5.76. The Morgan fingerprint density at radius 2 is 1.90 bits per heavy atom.